The summed E-state index contributed by atoms with van der Waals surface area (Å²) in [5.74, 6) is -1.51. The summed E-state index contributed by atoms with van der Waals surface area (Å²) in [4.78, 5) is 23.8. The number of hydrogen-bond donors (Lipinski definition) is 1. The molecule has 1 rings (SSSR count). The molecule has 0 fully saturated rings. The Hall–Kier alpha value is -2.26. The van der Waals surface area contributed by atoms with Crippen LogP contribution >= 0.6 is 0 Å². The normalized spacial score (nSPS) is 11.3. The summed E-state index contributed by atoms with van der Waals surface area (Å²) in [5.41, 5.74) is 0.621. The number of rotatable bonds is 5. The highest BCUT2D eigenvalue weighted by atomic mass is 19.4. The lowest BCUT2D eigenvalue weighted by Gasteiger charge is -2.27. The average Bonchev–Trinajstić information content (AvgIpc) is 2.70. The maximum Gasteiger partial charge on any atom is 0.406 e. The Bertz CT molecular complexity index is 515. The fourth-order valence-electron chi connectivity index (χ4n) is 1.71. The van der Waals surface area contributed by atoms with E-state index >= 15 is 0 Å². The molecule has 0 aliphatic heterocycles. The van der Waals surface area contributed by atoms with Gasteiger partial charge < -0.3 is 14.9 Å². The molecule has 0 aliphatic carbocycles. The van der Waals surface area contributed by atoms with Crippen molar-refractivity contribution in [3.63, 3.8) is 0 Å². The van der Waals surface area contributed by atoms with Gasteiger partial charge in [-0.05, 0) is 0 Å². The van der Waals surface area contributed by atoms with Crippen molar-refractivity contribution in [3.8, 4) is 0 Å². The number of urea groups is 1. The third-order valence-corrected chi connectivity index (χ3v) is 2.47. The van der Waals surface area contributed by atoms with E-state index < -0.39 is 31.3 Å². The standard InChI is InChI=1S/C11H15F3N4O3/c1-16(4-8-3-15-17(2)5-8)10(21)18(6-9(19)20)7-11(12,13)14/h3,5H,4,6-7H2,1-2H3,(H,19,20). The zero-order valence-corrected chi connectivity index (χ0v) is 11.5. The average molecular weight is 308 g/mol. The first kappa shape index (κ1) is 16.8. The number of carboxylic acid groups (broad SMARTS) is 1. The van der Waals surface area contributed by atoms with E-state index in [0.29, 0.717) is 5.56 Å². The van der Waals surface area contributed by atoms with Gasteiger partial charge in [0.25, 0.3) is 0 Å². The van der Waals surface area contributed by atoms with E-state index in [2.05, 4.69) is 5.10 Å². The van der Waals surface area contributed by atoms with Gasteiger partial charge in [0.05, 0.1) is 12.7 Å². The topological polar surface area (TPSA) is 78.7 Å². The van der Waals surface area contributed by atoms with Gasteiger partial charge in [-0.2, -0.15) is 18.3 Å². The molecule has 0 saturated carbocycles. The molecule has 0 atom stereocenters. The quantitative estimate of drug-likeness (QED) is 0.877. The Morgan fingerprint density at radius 3 is 2.48 bits per heavy atom. The number of aryl methyl sites for hydroxylation is 1. The number of hydrogen-bond acceptors (Lipinski definition) is 3. The minimum Gasteiger partial charge on any atom is -0.480 e. The summed E-state index contributed by atoms with van der Waals surface area (Å²) in [6.07, 6.45) is -1.59. The molecule has 1 aromatic rings. The minimum atomic E-state index is -4.67. The van der Waals surface area contributed by atoms with Gasteiger partial charge in [-0.1, -0.05) is 0 Å². The van der Waals surface area contributed by atoms with Crippen molar-refractivity contribution in [2.45, 2.75) is 12.7 Å². The minimum absolute atomic E-state index is 0.0284. The van der Waals surface area contributed by atoms with E-state index in [1.54, 1.807) is 13.2 Å². The lowest BCUT2D eigenvalue weighted by Crippen LogP contribution is -2.47. The molecule has 1 aromatic heterocycles. The molecule has 0 spiro atoms. The molecule has 21 heavy (non-hydrogen) atoms. The van der Waals surface area contributed by atoms with Crippen LogP contribution in [0.3, 0.4) is 0 Å². The Balaban J connectivity index is 2.75. The van der Waals surface area contributed by atoms with Crippen LogP contribution < -0.4 is 0 Å². The van der Waals surface area contributed by atoms with Crippen LogP contribution in [0.15, 0.2) is 12.4 Å². The Labute approximate surface area is 118 Å². The molecule has 0 saturated heterocycles. The summed E-state index contributed by atoms with van der Waals surface area (Å²) in [7, 11) is 2.95. The van der Waals surface area contributed by atoms with Crippen molar-refractivity contribution in [1.29, 1.82) is 0 Å². The van der Waals surface area contributed by atoms with Crippen LogP contribution in [-0.2, 0) is 18.4 Å². The lowest BCUT2D eigenvalue weighted by atomic mass is 10.3. The molecular weight excluding hydrogens is 293 g/mol. The van der Waals surface area contributed by atoms with Crippen molar-refractivity contribution in [2.75, 3.05) is 20.1 Å². The predicted octanol–water partition coefficient (Wildman–Crippen LogP) is 0.921. The van der Waals surface area contributed by atoms with Gasteiger partial charge in [0, 0.05) is 25.9 Å². The van der Waals surface area contributed by atoms with Gasteiger partial charge in [-0.25, -0.2) is 4.79 Å². The maximum atomic E-state index is 12.4. The van der Waals surface area contributed by atoms with Crippen molar-refractivity contribution in [2.24, 2.45) is 7.05 Å². The molecule has 1 N–H and O–H groups in total. The molecule has 0 radical (unpaired) electrons. The molecule has 0 bridgehead atoms. The molecular formula is C11H15F3N4O3. The van der Waals surface area contributed by atoms with Crippen LogP contribution in [0.5, 0.6) is 0 Å². The number of nitrogens with zero attached hydrogens (tertiary/aromatic N) is 4. The SMILES string of the molecule is CN(Cc1cnn(C)c1)C(=O)N(CC(=O)O)CC(F)(F)F. The molecule has 7 nitrogen and oxygen atoms in total. The Morgan fingerprint density at radius 1 is 1.43 bits per heavy atom. The second-order valence-electron chi connectivity index (χ2n) is 4.53. The van der Waals surface area contributed by atoms with E-state index in [-0.39, 0.29) is 11.4 Å². The number of halogens is 3. The molecule has 0 aliphatic rings. The predicted molar refractivity (Wildman–Crippen MR) is 65.3 cm³/mol. The van der Waals surface area contributed by atoms with Crippen molar-refractivity contribution in [1.82, 2.24) is 19.6 Å². The highest BCUT2D eigenvalue weighted by Gasteiger charge is 2.35. The fourth-order valence-corrected chi connectivity index (χ4v) is 1.71. The number of carbonyl (C=O) groups is 2. The van der Waals surface area contributed by atoms with Crippen LogP contribution in [-0.4, -0.2) is 63.0 Å². The molecule has 0 unspecified atom stereocenters. The van der Waals surface area contributed by atoms with E-state index in [9.17, 15) is 22.8 Å². The van der Waals surface area contributed by atoms with Crippen LogP contribution in [0, 0.1) is 0 Å². The van der Waals surface area contributed by atoms with Gasteiger partial charge >= 0.3 is 18.2 Å². The largest absolute Gasteiger partial charge is 0.480 e. The monoisotopic (exact) mass is 308 g/mol. The number of aliphatic carboxylic acids is 1. The lowest BCUT2D eigenvalue weighted by molar-refractivity contribution is -0.149. The number of carboxylic acids is 1. The number of aromatic nitrogens is 2. The van der Waals surface area contributed by atoms with Crippen LogP contribution in [0.1, 0.15) is 5.56 Å². The van der Waals surface area contributed by atoms with Gasteiger partial charge in [-0.15, -0.1) is 0 Å². The third kappa shape index (κ3) is 5.71. The summed E-state index contributed by atoms with van der Waals surface area (Å²) in [5, 5.41) is 12.5. The smallest absolute Gasteiger partial charge is 0.406 e. The van der Waals surface area contributed by atoms with Crippen LogP contribution in [0.4, 0.5) is 18.0 Å². The number of alkyl halides is 3. The second-order valence-corrected chi connectivity index (χ2v) is 4.53. The highest BCUT2D eigenvalue weighted by molar-refractivity contribution is 5.80. The van der Waals surface area contributed by atoms with E-state index in [0.717, 1.165) is 4.90 Å². The first-order valence-electron chi connectivity index (χ1n) is 5.84. The number of carbonyl (C=O) groups excluding carboxylic acids is 1. The van der Waals surface area contributed by atoms with E-state index in [1.807, 2.05) is 0 Å². The molecule has 10 heteroatoms. The molecule has 0 aromatic carbocycles. The third-order valence-electron chi connectivity index (χ3n) is 2.47. The first-order valence-corrected chi connectivity index (χ1v) is 5.84. The van der Waals surface area contributed by atoms with Crippen molar-refractivity contribution >= 4 is 12.0 Å². The zero-order chi connectivity index (χ0) is 16.2. The maximum absolute atomic E-state index is 12.4. The zero-order valence-electron chi connectivity index (χ0n) is 11.5. The molecule has 118 valence electrons. The van der Waals surface area contributed by atoms with Gasteiger partial charge in [0.1, 0.15) is 13.1 Å². The van der Waals surface area contributed by atoms with Crippen LogP contribution in [0.2, 0.25) is 0 Å². The number of amides is 2. The summed E-state index contributed by atoms with van der Waals surface area (Å²) in [6, 6.07) is -1.02. The summed E-state index contributed by atoms with van der Waals surface area (Å²) < 4.78 is 38.7. The van der Waals surface area contributed by atoms with E-state index in [4.69, 9.17) is 5.11 Å². The Morgan fingerprint density at radius 2 is 2.05 bits per heavy atom. The molecule has 1 heterocycles. The highest BCUT2D eigenvalue weighted by Crippen LogP contribution is 2.17. The van der Waals surface area contributed by atoms with Gasteiger partial charge in [0.2, 0.25) is 0 Å². The Kier molecular flexibility index (Phi) is 5.17. The molecule has 2 amide bonds. The van der Waals surface area contributed by atoms with Crippen LogP contribution in [0.25, 0.3) is 0 Å². The summed E-state index contributed by atoms with van der Waals surface area (Å²) in [6.45, 7) is -2.61. The fraction of sp³-hybridized carbons (Fsp3) is 0.545. The second kappa shape index (κ2) is 6.46. The first-order chi connectivity index (χ1) is 9.58. The van der Waals surface area contributed by atoms with Gasteiger partial charge in [0.15, 0.2) is 0 Å². The van der Waals surface area contributed by atoms with Crippen molar-refractivity contribution < 1.29 is 27.9 Å². The van der Waals surface area contributed by atoms with E-state index in [1.165, 1.54) is 17.9 Å². The van der Waals surface area contributed by atoms with Crippen molar-refractivity contribution in [3.05, 3.63) is 18.0 Å². The van der Waals surface area contributed by atoms with Gasteiger partial charge in [-0.3, -0.25) is 9.48 Å². The summed E-state index contributed by atoms with van der Waals surface area (Å²) >= 11 is 0.